The summed E-state index contributed by atoms with van der Waals surface area (Å²) in [5.74, 6) is 0.0720. The normalized spacial score (nSPS) is 12.7. The van der Waals surface area contributed by atoms with Gasteiger partial charge in [-0.3, -0.25) is 4.79 Å². The van der Waals surface area contributed by atoms with Crippen molar-refractivity contribution >= 4 is 29.1 Å². The maximum atomic E-state index is 13.0. The van der Waals surface area contributed by atoms with Gasteiger partial charge >= 0.3 is 0 Å². The van der Waals surface area contributed by atoms with E-state index >= 15 is 0 Å². The van der Waals surface area contributed by atoms with E-state index in [1.54, 1.807) is 11.8 Å². The van der Waals surface area contributed by atoms with E-state index < -0.39 is 0 Å². The van der Waals surface area contributed by atoms with Gasteiger partial charge in [-0.05, 0) is 35.4 Å². The minimum absolute atomic E-state index is 0.0720. The van der Waals surface area contributed by atoms with Crippen LogP contribution in [0, 0.1) is 0 Å². The zero-order valence-corrected chi connectivity index (χ0v) is 13.8. The molecule has 112 valence electrons. The summed E-state index contributed by atoms with van der Waals surface area (Å²) in [6.07, 6.45) is 0.708. The average molecular weight is 337 g/mol. The highest BCUT2D eigenvalue weighted by Gasteiger charge is 2.27. The van der Waals surface area contributed by atoms with Crippen LogP contribution in [0.3, 0.4) is 0 Å². The second kappa shape index (κ2) is 5.88. The van der Waals surface area contributed by atoms with Crippen molar-refractivity contribution in [3.8, 4) is 0 Å². The summed E-state index contributed by atoms with van der Waals surface area (Å²) in [6, 6.07) is 21.7. The molecule has 3 aromatic rings. The molecule has 4 rings (SSSR count). The largest absolute Gasteiger partial charge is 0.289 e. The van der Waals surface area contributed by atoms with E-state index in [0.717, 1.165) is 32.0 Å². The van der Waals surface area contributed by atoms with Crippen LogP contribution in [0.15, 0.2) is 76.5 Å². The Bertz CT molecular complexity index is 903. The van der Waals surface area contributed by atoms with Crippen LogP contribution in [-0.2, 0) is 6.42 Å². The van der Waals surface area contributed by atoms with Crippen LogP contribution < -0.4 is 0 Å². The Morgan fingerprint density at radius 3 is 2.43 bits per heavy atom. The molecule has 0 heterocycles. The fourth-order valence-corrected chi connectivity index (χ4v) is 4.17. The standard InChI is InChI=1S/C20H13ClOS/c21-17-10-11-18(23-14-7-2-1-3-8-14)19-16(17)12-13-6-4-5-9-15(13)20(19)22/h1-11H,12H2. The lowest BCUT2D eigenvalue weighted by Gasteiger charge is -2.22. The molecule has 3 heteroatoms. The van der Waals surface area contributed by atoms with Gasteiger partial charge in [0.2, 0.25) is 0 Å². The zero-order valence-electron chi connectivity index (χ0n) is 12.3. The minimum Gasteiger partial charge on any atom is -0.289 e. The van der Waals surface area contributed by atoms with Gasteiger partial charge < -0.3 is 0 Å². The number of rotatable bonds is 2. The molecule has 1 aliphatic carbocycles. The molecule has 0 fully saturated rings. The van der Waals surface area contributed by atoms with Gasteiger partial charge in [-0.25, -0.2) is 0 Å². The summed E-state index contributed by atoms with van der Waals surface area (Å²) in [4.78, 5) is 15.1. The quantitative estimate of drug-likeness (QED) is 0.472. The lowest BCUT2D eigenvalue weighted by atomic mass is 9.85. The Balaban J connectivity index is 1.85. The topological polar surface area (TPSA) is 17.1 Å². The predicted octanol–water partition coefficient (Wildman–Crippen LogP) is 5.63. The molecular weight excluding hydrogens is 324 g/mol. The molecule has 3 aromatic carbocycles. The van der Waals surface area contributed by atoms with Crippen molar-refractivity contribution in [2.45, 2.75) is 16.2 Å². The maximum absolute atomic E-state index is 13.0. The summed E-state index contributed by atoms with van der Waals surface area (Å²) in [5, 5.41) is 0.667. The number of carbonyl (C=O) groups is 1. The van der Waals surface area contributed by atoms with E-state index in [-0.39, 0.29) is 5.78 Å². The van der Waals surface area contributed by atoms with Crippen molar-refractivity contribution in [2.24, 2.45) is 0 Å². The first-order valence-electron chi connectivity index (χ1n) is 7.41. The van der Waals surface area contributed by atoms with Gasteiger partial charge in [0.05, 0.1) is 0 Å². The number of halogens is 1. The molecule has 0 spiro atoms. The van der Waals surface area contributed by atoms with Crippen LogP contribution >= 0.6 is 23.4 Å². The Morgan fingerprint density at radius 1 is 0.870 bits per heavy atom. The first-order valence-corrected chi connectivity index (χ1v) is 8.60. The molecule has 0 atom stereocenters. The summed E-state index contributed by atoms with van der Waals surface area (Å²) in [6.45, 7) is 0. The summed E-state index contributed by atoms with van der Waals surface area (Å²) in [5.41, 5.74) is 3.53. The van der Waals surface area contributed by atoms with Gasteiger partial charge in [0, 0.05) is 32.4 Å². The smallest absolute Gasteiger partial charge is 0.194 e. The molecule has 1 aliphatic rings. The second-order valence-corrected chi connectivity index (χ2v) is 7.00. The Kier molecular flexibility index (Phi) is 3.72. The molecule has 0 aliphatic heterocycles. The van der Waals surface area contributed by atoms with E-state index in [0.29, 0.717) is 11.4 Å². The van der Waals surface area contributed by atoms with Gasteiger partial charge in [0.1, 0.15) is 0 Å². The number of fused-ring (bicyclic) bond motifs is 2. The zero-order chi connectivity index (χ0) is 15.8. The Morgan fingerprint density at radius 2 is 1.61 bits per heavy atom. The molecule has 1 nitrogen and oxygen atoms in total. The first kappa shape index (κ1) is 14.6. The van der Waals surface area contributed by atoms with Crippen molar-refractivity contribution in [2.75, 3.05) is 0 Å². The fourth-order valence-electron chi connectivity index (χ4n) is 2.94. The lowest BCUT2D eigenvalue weighted by molar-refractivity contribution is 0.103. The fraction of sp³-hybridized carbons (Fsp3) is 0.0500. The molecule has 0 unspecified atom stereocenters. The van der Waals surface area contributed by atoms with Gasteiger partial charge in [-0.15, -0.1) is 0 Å². The van der Waals surface area contributed by atoms with Crippen molar-refractivity contribution in [3.05, 3.63) is 94.0 Å². The van der Waals surface area contributed by atoms with Crippen molar-refractivity contribution < 1.29 is 4.79 Å². The highest BCUT2D eigenvalue weighted by Crippen LogP contribution is 2.39. The lowest BCUT2D eigenvalue weighted by Crippen LogP contribution is -2.16. The average Bonchev–Trinajstić information content (AvgIpc) is 2.59. The predicted molar refractivity (Wildman–Crippen MR) is 94.7 cm³/mol. The van der Waals surface area contributed by atoms with Crippen molar-refractivity contribution in [1.29, 1.82) is 0 Å². The molecule has 0 saturated carbocycles. The Hall–Kier alpha value is -2.03. The monoisotopic (exact) mass is 336 g/mol. The molecule has 0 N–H and O–H groups in total. The number of ketones is 1. The highest BCUT2D eigenvalue weighted by molar-refractivity contribution is 7.99. The molecule has 23 heavy (non-hydrogen) atoms. The van der Waals surface area contributed by atoms with Gasteiger partial charge in [0.25, 0.3) is 0 Å². The van der Waals surface area contributed by atoms with Crippen LogP contribution in [0.4, 0.5) is 0 Å². The van der Waals surface area contributed by atoms with E-state index in [1.807, 2.05) is 66.7 Å². The number of hydrogen-bond acceptors (Lipinski definition) is 2. The van der Waals surface area contributed by atoms with E-state index in [9.17, 15) is 4.79 Å². The number of carbonyl (C=O) groups excluding carboxylic acids is 1. The Labute approximate surface area is 144 Å². The third kappa shape index (κ3) is 2.58. The van der Waals surface area contributed by atoms with Crippen LogP contribution in [0.5, 0.6) is 0 Å². The van der Waals surface area contributed by atoms with Crippen LogP contribution in [-0.4, -0.2) is 5.78 Å². The van der Waals surface area contributed by atoms with E-state index in [1.165, 1.54) is 0 Å². The van der Waals surface area contributed by atoms with Crippen LogP contribution in [0.2, 0.25) is 5.02 Å². The van der Waals surface area contributed by atoms with Gasteiger partial charge in [-0.1, -0.05) is 65.8 Å². The number of hydrogen-bond donors (Lipinski definition) is 0. The van der Waals surface area contributed by atoms with Crippen molar-refractivity contribution in [1.82, 2.24) is 0 Å². The number of benzene rings is 3. The first-order chi connectivity index (χ1) is 11.2. The van der Waals surface area contributed by atoms with E-state index in [2.05, 4.69) is 0 Å². The van der Waals surface area contributed by atoms with Gasteiger partial charge in [-0.2, -0.15) is 0 Å². The van der Waals surface area contributed by atoms with Crippen LogP contribution in [0.25, 0.3) is 0 Å². The molecule has 0 radical (unpaired) electrons. The summed E-state index contributed by atoms with van der Waals surface area (Å²) >= 11 is 8.00. The summed E-state index contributed by atoms with van der Waals surface area (Å²) in [7, 11) is 0. The maximum Gasteiger partial charge on any atom is 0.194 e. The third-order valence-corrected chi connectivity index (χ3v) is 5.47. The highest BCUT2D eigenvalue weighted by atomic mass is 35.5. The van der Waals surface area contributed by atoms with E-state index in [4.69, 9.17) is 11.6 Å². The van der Waals surface area contributed by atoms with Gasteiger partial charge in [0.15, 0.2) is 5.78 Å². The molecular formula is C20H13ClOS. The molecule has 0 aromatic heterocycles. The minimum atomic E-state index is 0.0720. The van der Waals surface area contributed by atoms with Crippen LogP contribution in [0.1, 0.15) is 27.0 Å². The summed E-state index contributed by atoms with van der Waals surface area (Å²) < 4.78 is 0. The second-order valence-electron chi connectivity index (χ2n) is 5.48. The van der Waals surface area contributed by atoms with Crippen molar-refractivity contribution in [3.63, 3.8) is 0 Å². The third-order valence-electron chi connectivity index (χ3n) is 4.04. The molecule has 0 saturated heterocycles. The SMILES string of the molecule is O=C1c2ccccc2Cc2c(Cl)ccc(Sc3ccccc3)c21. The molecule has 0 amide bonds. The molecule has 0 bridgehead atoms.